The van der Waals surface area contributed by atoms with Crippen molar-refractivity contribution in [3.63, 3.8) is 0 Å². The molecule has 1 fully saturated rings. The predicted molar refractivity (Wildman–Crippen MR) is 88.7 cm³/mol. The van der Waals surface area contributed by atoms with Crippen LogP contribution in [0.25, 0.3) is 0 Å². The van der Waals surface area contributed by atoms with Crippen molar-refractivity contribution in [3.05, 3.63) is 41.3 Å². The molecule has 7 nitrogen and oxygen atoms in total. The molecule has 23 heavy (non-hydrogen) atoms. The first-order valence-corrected chi connectivity index (χ1v) is 7.61. The van der Waals surface area contributed by atoms with Crippen LogP contribution in [0.5, 0.6) is 0 Å². The first kappa shape index (κ1) is 15.2. The second-order valence-electron chi connectivity index (χ2n) is 5.66. The summed E-state index contributed by atoms with van der Waals surface area (Å²) in [5.41, 5.74) is 7.83. The van der Waals surface area contributed by atoms with E-state index in [4.69, 9.17) is 5.73 Å². The van der Waals surface area contributed by atoms with E-state index in [1.165, 1.54) is 0 Å². The molecular weight excluding hydrogens is 292 g/mol. The van der Waals surface area contributed by atoms with E-state index in [1.807, 2.05) is 19.9 Å². The molecule has 3 heterocycles. The summed E-state index contributed by atoms with van der Waals surface area (Å²) in [6, 6.07) is 5.40. The Labute approximate surface area is 135 Å². The molecule has 120 valence electrons. The van der Waals surface area contributed by atoms with Crippen LogP contribution in [0, 0.1) is 13.8 Å². The summed E-state index contributed by atoms with van der Waals surface area (Å²) in [5.74, 6) is 0.965. The van der Waals surface area contributed by atoms with E-state index in [1.54, 1.807) is 18.3 Å². The number of hydrogen-bond acceptors (Lipinski definition) is 6. The van der Waals surface area contributed by atoms with Crippen molar-refractivity contribution in [1.29, 1.82) is 0 Å². The molecule has 0 spiro atoms. The summed E-state index contributed by atoms with van der Waals surface area (Å²) in [6.07, 6.45) is 1.68. The first-order valence-electron chi connectivity index (χ1n) is 7.61. The summed E-state index contributed by atoms with van der Waals surface area (Å²) in [7, 11) is 0. The number of nitrogens with two attached hydrogens (primary N) is 1. The average molecular weight is 312 g/mol. The zero-order valence-corrected chi connectivity index (χ0v) is 13.4. The molecule has 0 aliphatic carbocycles. The molecule has 2 aromatic heterocycles. The van der Waals surface area contributed by atoms with Crippen molar-refractivity contribution in [2.75, 3.05) is 36.0 Å². The van der Waals surface area contributed by atoms with Crippen molar-refractivity contribution < 1.29 is 4.79 Å². The normalized spacial score (nSPS) is 14.9. The fourth-order valence-corrected chi connectivity index (χ4v) is 2.81. The number of primary amides is 1. The minimum absolute atomic E-state index is 0.451. The number of hydrogen-bond donors (Lipinski definition) is 1. The minimum atomic E-state index is -0.451. The molecule has 1 amide bonds. The van der Waals surface area contributed by atoms with Crippen LogP contribution in [0.15, 0.2) is 24.4 Å². The van der Waals surface area contributed by atoms with Gasteiger partial charge in [-0.3, -0.25) is 4.79 Å². The Balaban J connectivity index is 1.75. The largest absolute Gasteiger partial charge is 0.365 e. The van der Waals surface area contributed by atoms with Crippen LogP contribution in [0.3, 0.4) is 0 Å². The van der Waals surface area contributed by atoms with Crippen molar-refractivity contribution in [1.82, 2.24) is 15.0 Å². The van der Waals surface area contributed by atoms with Gasteiger partial charge < -0.3 is 15.5 Å². The number of anilines is 2. The third kappa shape index (κ3) is 3.23. The predicted octanol–water partition coefficient (Wildman–Crippen LogP) is 0.914. The van der Waals surface area contributed by atoms with Gasteiger partial charge in [-0.25, -0.2) is 15.0 Å². The fourth-order valence-electron chi connectivity index (χ4n) is 2.81. The standard InChI is InChI=1S/C16H20N6O/c1-11-10-12(2)20-16(19-11)22-8-6-21(7-9-22)15-13(14(17)23)4-3-5-18-15/h3-5,10H,6-9H2,1-2H3,(H2,17,23). The van der Waals surface area contributed by atoms with Crippen LogP contribution in [-0.2, 0) is 0 Å². The van der Waals surface area contributed by atoms with Crippen molar-refractivity contribution in [2.45, 2.75) is 13.8 Å². The summed E-state index contributed by atoms with van der Waals surface area (Å²) < 4.78 is 0. The van der Waals surface area contributed by atoms with E-state index in [0.717, 1.165) is 43.5 Å². The maximum absolute atomic E-state index is 11.6. The Morgan fingerprint density at radius 3 is 2.30 bits per heavy atom. The molecule has 0 saturated carbocycles. The van der Waals surface area contributed by atoms with Gasteiger partial charge in [-0.15, -0.1) is 0 Å². The fraction of sp³-hybridized carbons (Fsp3) is 0.375. The molecule has 3 rings (SSSR count). The SMILES string of the molecule is Cc1cc(C)nc(N2CCN(c3ncccc3C(N)=O)CC2)n1. The monoisotopic (exact) mass is 312 g/mol. The number of carbonyl (C=O) groups excluding carboxylic acids is 1. The van der Waals surface area contributed by atoms with Crippen LogP contribution in [-0.4, -0.2) is 47.0 Å². The molecule has 0 radical (unpaired) electrons. The van der Waals surface area contributed by atoms with E-state index >= 15 is 0 Å². The van der Waals surface area contributed by atoms with Crippen LogP contribution < -0.4 is 15.5 Å². The van der Waals surface area contributed by atoms with Crippen LogP contribution >= 0.6 is 0 Å². The lowest BCUT2D eigenvalue weighted by Gasteiger charge is -2.36. The quantitative estimate of drug-likeness (QED) is 0.906. The van der Waals surface area contributed by atoms with Crippen molar-refractivity contribution in [3.8, 4) is 0 Å². The topological polar surface area (TPSA) is 88.2 Å². The van der Waals surface area contributed by atoms with E-state index in [0.29, 0.717) is 11.4 Å². The Kier molecular flexibility index (Phi) is 4.10. The lowest BCUT2D eigenvalue weighted by Crippen LogP contribution is -2.48. The van der Waals surface area contributed by atoms with Gasteiger partial charge in [0.1, 0.15) is 5.82 Å². The molecule has 2 aromatic rings. The summed E-state index contributed by atoms with van der Waals surface area (Å²) in [5, 5.41) is 0. The average Bonchev–Trinajstić information content (AvgIpc) is 2.54. The van der Waals surface area contributed by atoms with Crippen LogP contribution in [0.2, 0.25) is 0 Å². The molecule has 1 saturated heterocycles. The van der Waals surface area contributed by atoms with Gasteiger partial charge in [0.25, 0.3) is 5.91 Å². The molecule has 1 aliphatic rings. The second kappa shape index (κ2) is 6.20. The maximum atomic E-state index is 11.6. The number of nitrogens with zero attached hydrogens (tertiary/aromatic N) is 5. The van der Waals surface area contributed by atoms with Gasteiger partial charge in [-0.1, -0.05) is 0 Å². The number of piperazine rings is 1. The smallest absolute Gasteiger partial charge is 0.252 e. The molecule has 0 aromatic carbocycles. The zero-order valence-electron chi connectivity index (χ0n) is 13.4. The number of carbonyl (C=O) groups is 1. The van der Waals surface area contributed by atoms with E-state index in [-0.39, 0.29) is 0 Å². The van der Waals surface area contributed by atoms with Crippen LogP contribution in [0.4, 0.5) is 11.8 Å². The number of aromatic nitrogens is 3. The van der Waals surface area contributed by atoms with E-state index < -0.39 is 5.91 Å². The minimum Gasteiger partial charge on any atom is -0.365 e. The van der Waals surface area contributed by atoms with Gasteiger partial charge in [-0.05, 0) is 32.0 Å². The highest BCUT2D eigenvalue weighted by Gasteiger charge is 2.23. The Morgan fingerprint density at radius 2 is 1.70 bits per heavy atom. The van der Waals surface area contributed by atoms with Gasteiger partial charge in [0.15, 0.2) is 0 Å². The summed E-state index contributed by atoms with van der Waals surface area (Å²) in [4.78, 5) is 29.1. The number of rotatable bonds is 3. The highest BCUT2D eigenvalue weighted by molar-refractivity contribution is 5.97. The number of aryl methyl sites for hydroxylation is 2. The molecule has 0 unspecified atom stereocenters. The van der Waals surface area contributed by atoms with Gasteiger partial charge >= 0.3 is 0 Å². The number of pyridine rings is 1. The van der Waals surface area contributed by atoms with Gasteiger partial charge in [-0.2, -0.15) is 0 Å². The van der Waals surface area contributed by atoms with E-state index in [9.17, 15) is 4.79 Å². The van der Waals surface area contributed by atoms with Gasteiger partial charge in [0.05, 0.1) is 5.56 Å². The number of amides is 1. The Hall–Kier alpha value is -2.70. The Bertz CT molecular complexity index is 704. The Morgan fingerprint density at radius 1 is 1.09 bits per heavy atom. The van der Waals surface area contributed by atoms with E-state index in [2.05, 4.69) is 24.8 Å². The highest BCUT2D eigenvalue weighted by atomic mass is 16.1. The van der Waals surface area contributed by atoms with Crippen molar-refractivity contribution in [2.24, 2.45) is 5.73 Å². The first-order chi connectivity index (χ1) is 11.0. The lowest BCUT2D eigenvalue weighted by molar-refractivity contribution is 0.100. The highest BCUT2D eigenvalue weighted by Crippen LogP contribution is 2.20. The summed E-state index contributed by atoms with van der Waals surface area (Å²) in [6.45, 7) is 6.99. The second-order valence-corrected chi connectivity index (χ2v) is 5.66. The molecule has 7 heteroatoms. The molecular formula is C16H20N6O. The molecule has 1 aliphatic heterocycles. The van der Waals surface area contributed by atoms with Gasteiger partial charge in [0.2, 0.25) is 5.95 Å². The van der Waals surface area contributed by atoms with Crippen LogP contribution in [0.1, 0.15) is 21.7 Å². The van der Waals surface area contributed by atoms with Crippen molar-refractivity contribution >= 4 is 17.7 Å². The summed E-state index contributed by atoms with van der Waals surface area (Å²) >= 11 is 0. The third-order valence-corrected chi connectivity index (χ3v) is 3.88. The zero-order chi connectivity index (χ0) is 16.4. The molecule has 0 atom stereocenters. The lowest BCUT2D eigenvalue weighted by atomic mass is 10.2. The molecule has 2 N–H and O–H groups in total. The van der Waals surface area contributed by atoms with Gasteiger partial charge in [0, 0.05) is 43.8 Å². The third-order valence-electron chi connectivity index (χ3n) is 3.88. The molecule has 0 bridgehead atoms. The maximum Gasteiger partial charge on any atom is 0.252 e.